The van der Waals surface area contributed by atoms with Crippen LogP contribution in [0.1, 0.15) is 15.9 Å². The van der Waals surface area contributed by atoms with Gasteiger partial charge in [-0.05, 0) is 23.8 Å². The number of carbonyl (C=O) groups excluding carboxylic acids is 2. The highest BCUT2D eigenvalue weighted by Gasteiger charge is 2.38. The molecule has 3 aromatic rings. The maximum atomic E-state index is 15.1. The van der Waals surface area contributed by atoms with E-state index in [2.05, 4.69) is 5.32 Å². The molecule has 2 N–H and O–H groups in total. The Morgan fingerprint density at radius 2 is 1.72 bits per heavy atom. The molecule has 164 valence electrons. The number of carbonyl (C=O) groups is 2. The molecule has 2 amide bonds. The molecule has 8 nitrogen and oxygen atoms in total. The van der Waals surface area contributed by atoms with Crippen LogP contribution < -0.4 is 19.1 Å². The van der Waals surface area contributed by atoms with E-state index in [0.717, 1.165) is 11.6 Å². The largest absolute Gasteiger partial charge is 0.487 e. The fourth-order valence-electron chi connectivity index (χ4n) is 3.17. The van der Waals surface area contributed by atoms with Gasteiger partial charge in [-0.3, -0.25) is 9.59 Å². The van der Waals surface area contributed by atoms with Crippen LogP contribution in [-0.2, 0) is 21.6 Å². The zero-order valence-corrected chi connectivity index (χ0v) is 17.4. The molecular weight excluding hydrogens is 437 g/mol. The third-order valence-electron chi connectivity index (χ3n) is 4.63. The van der Waals surface area contributed by atoms with Crippen molar-refractivity contribution in [3.05, 3.63) is 89.7 Å². The molecule has 0 bridgehead atoms. The predicted octanol–water partition coefficient (Wildman–Crippen LogP) is 2.84. The number of ether oxygens (including phenoxy) is 1. The summed E-state index contributed by atoms with van der Waals surface area (Å²) in [5.74, 6) is -2.38. The van der Waals surface area contributed by atoms with E-state index >= 15 is 4.39 Å². The highest BCUT2D eigenvalue weighted by Crippen LogP contribution is 2.37. The fraction of sp³-hybridized carbons (Fsp3) is 0.0909. The highest BCUT2D eigenvalue weighted by atomic mass is 32.2. The smallest absolute Gasteiger partial charge is 0.326 e. The van der Waals surface area contributed by atoms with Gasteiger partial charge in [-0.1, -0.05) is 48.5 Å². The minimum atomic E-state index is -4.27. The predicted molar refractivity (Wildman–Crippen MR) is 116 cm³/mol. The summed E-state index contributed by atoms with van der Waals surface area (Å²) in [5.41, 5.74) is 0.771. The molecule has 32 heavy (non-hydrogen) atoms. The molecule has 10 heteroatoms. The zero-order valence-electron chi connectivity index (χ0n) is 16.6. The topological polar surface area (TPSA) is 105 Å². The summed E-state index contributed by atoms with van der Waals surface area (Å²) >= 11 is 0. The van der Waals surface area contributed by atoms with Gasteiger partial charge in [-0.15, -0.1) is 0 Å². The number of nitrogens with zero attached hydrogens (tertiary/aromatic N) is 1. The molecule has 1 aliphatic rings. The molecule has 1 saturated heterocycles. The Morgan fingerprint density at radius 1 is 1.06 bits per heavy atom. The average Bonchev–Trinajstić information content (AvgIpc) is 3.04. The van der Waals surface area contributed by atoms with E-state index in [0.29, 0.717) is 9.87 Å². The minimum Gasteiger partial charge on any atom is -0.487 e. The summed E-state index contributed by atoms with van der Waals surface area (Å²) in [6, 6.07) is 19.6. The number of anilines is 2. The number of rotatable bonds is 6. The van der Waals surface area contributed by atoms with Crippen molar-refractivity contribution in [2.24, 2.45) is 0 Å². The van der Waals surface area contributed by atoms with Crippen molar-refractivity contribution in [2.75, 3.05) is 16.2 Å². The highest BCUT2D eigenvalue weighted by molar-refractivity contribution is 7.92. The van der Waals surface area contributed by atoms with Crippen LogP contribution in [0.15, 0.2) is 72.8 Å². The van der Waals surface area contributed by atoms with E-state index in [-0.39, 0.29) is 18.0 Å². The molecule has 0 aliphatic carbocycles. The van der Waals surface area contributed by atoms with Crippen molar-refractivity contribution >= 4 is 33.4 Å². The number of amides is 2. The lowest BCUT2D eigenvalue weighted by molar-refractivity contribution is -0.117. The van der Waals surface area contributed by atoms with Gasteiger partial charge in [0, 0.05) is 17.3 Å². The van der Waals surface area contributed by atoms with Crippen molar-refractivity contribution in [1.82, 2.24) is 4.72 Å². The van der Waals surface area contributed by atoms with Crippen molar-refractivity contribution < 1.29 is 27.1 Å². The van der Waals surface area contributed by atoms with E-state index in [1.54, 1.807) is 59.3 Å². The summed E-state index contributed by atoms with van der Waals surface area (Å²) in [4.78, 5) is 24.1. The van der Waals surface area contributed by atoms with Crippen LogP contribution in [0, 0.1) is 5.82 Å². The molecule has 0 radical (unpaired) electrons. The van der Waals surface area contributed by atoms with Crippen molar-refractivity contribution in [3.8, 4) is 5.75 Å². The first-order valence-corrected chi connectivity index (χ1v) is 11.0. The SMILES string of the molecule is O=C1CN(c2c(F)cc(NC(=O)c3ccccc3)cc2OCc2ccccc2)S(=O)(=O)N1. The Bertz CT molecular complexity index is 1270. The van der Waals surface area contributed by atoms with Gasteiger partial charge in [0.15, 0.2) is 5.82 Å². The molecule has 1 aliphatic heterocycles. The second kappa shape index (κ2) is 8.67. The van der Waals surface area contributed by atoms with Gasteiger partial charge in [0.2, 0.25) is 0 Å². The molecule has 1 heterocycles. The maximum absolute atomic E-state index is 15.1. The summed E-state index contributed by atoms with van der Waals surface area (Å²) in [7, 11) is -4.27. The normalized spacial score (nSPS) is 14.7. The van der Waals surface area contributed by atoms with Crippen molar-refractivity contribution in [3.63, 3.8) is 0 Å². The van der Waals surface area contributed by atoms with E-state index < -0.39 is 40.1 Å². The summed E-state index contributed by atoms with van der Waals surface area (Å²) in [5, 5.41) is 2.58. The second-order valence-electron chi connectivity index (χ2n) is 6.94. The van der Waals surface area contributed by atoms with Gasteiger partial charge in [0.25, 0.3) is 11.8 Å². The van der Waals surface area contributed by atoms with E-state index in [4.69, 9.17) is 4.74 Å². The van der Waals surface area contributed by atoms with Crippen molar-refractivity contribution in [1.29, 1.82) is 0 Å². The monoisotopic (exact) mass is 455 g/mol. The second-order valence-corrected chi connectivity index (χ2v) is 8.53. The number of nitrogens with one attached hydrogen (secondary N) is 2. The first-order valence-electron chi connectivity index (χ1n) is 9.53. The molecule has 3 aromatic carbocycles. The Hall–Kier alpha value is -3.92. The molecule has 0 unspecified atom stereocenters. The maximum Gasteiger partial charge on any atom is 0.326 e. The quantitative estimate of drug-likeness (QED) is 0.595. The lowest BCUT2D eigenvalue weighted by Gasteiger charge is -2.21. The summed E-state index contributed by atoms with van der Waals surface area (Å²) in [6.07, 6.45) is 0. The molecular formula is C22H18FN3O5S. The third-order valence-corrected chi connectivity index (χ3v) is 6.01. The molecule has 4 rings (SSSR count). The van der Waals surface area contributed by atoms with Crippen LogP contribution >= 0.6 is 0 Å². The average molecular weight is 455 g/mol. The molecule has 1 fully saturated rings. The van der Waals surface area contributed by atoms with Crippen LogP contribution in [-0.4, -0.2) is 26.8 Å². The molecule has 0 spiro atoms. The van der Waals surface area contributed by atoms with Crippen LogP contribution in [0.3, 0.4) is 0 Å². The summed E-state index contributed by atoms with van der Waals surface area (Å²) in [6.45, 7) is -0.574. The van der Waals surface area contributed by atoms with Gasteiger partial charge >= 0.3 is 10.2 Å². The summed E-state index contributed by atoms with van der Waals surface area (Å²) < 4.78 is 47.9. The standard InChI is InChI=1S/C22H18FN3O5S/c23-18-11-17(24-22(28)16-9-5-2-6-10-16)12-19(31-14-15-7-3-1-4-8-15)21(18)26-13-20(27)25-32(26,29)30/h1-12H,13-14H2,(H,24,28)(H,25,27). The fourth-order valence-corrected chi connectivity index (χ4v) is 4.34. The lowest BCUT2D eigenvalue weighted by Crippen LogP contribution is -2.30. The van der Waals surface area contributed by atoms with Gasteiger partial charge < -0.3 is 10.1 Å². The number of halogens is 1. The van der Waals surface area contributed by atoms with E-state index in [1.165, 1.54) is 6.07 Å². The Labute approximate surface area is 183 Å². The van der Waals surface area contributed by atoms with Gasteiger partial charge in [0.1, 0.15) is 24.6 Å². The van der Waals surface area contributed by atoms with Crippen LogP contribution in [0.2, 0.25) is 0 Å². The molecule has 0 atom stereocenters. The first-order chi connectivity index (χ1) is 15.3. The van der Waals surface area contributed by atoms with Gasteiger partial charge in [-0.2, -0.15) is 8.42 Å². The lowest BCUT2D eigenvalue weighted by atomic mass is 10.2. The number of hydrogen-bond donors (Lipinski definition) is 2. The third kappa shape index (κ3) is 4.54. The van der Waals surface area contributed by atoms with Crippen molar-refractivity contribution in [2.45, 2.75) is 6.61 Å². The van der Waals surface area contributed by atoms with Crippen LogP contribution in [0.5, 0.6) is 5.75 Å². The molecule has 0 aromatic heterocycles. The first kappa shape index (κ1) is 21.3. The number of benzene rings is 3. The van der Waals surface area contributed by atoms with Crippen LogP contribution in [0.25, 0.3) is 0 Å². The Morgan fingerprint density at radius 3 is 2.34 bits per heavy atom. The van der Waals surface area contributed by atoms with E-state index in [9.17, 15) is 18.0 Å². The van der Waals surface area contributed by atoms with Crippen LogP contribution in [0.4, 0.5) is 15.8 Å². The number of hydrogen-bond acceptors (Lipinski definition) is 5. The minimum absolute atomic E-state index is 0.0125. The Kier molecular flexibility index (Phi) is 5.78. The van der Waals surface area contributed by atoms with E-state index in [1.807, 2.05) is 6.07 Å². The molecule has 0 saturated carbocycles. The van der Waals surface area contributed by atoms with Gasteiger partial charge in [0.05, 0.1) is 0 Å². The Balaban J connectivity index is 1.70. The van der Waals surface area contributed by atoms with Gasteiger partial charge in [-0.25, -0.2) is 13.4 Å². The zero-order chi connectivity index (χ0) is 22.7.